The van der Waals surface area contributed by atoms with Gasteiger partial charge in [0.25, 0.3) is 0 Å². The SMILES string of the molecule is CC(=O)NCc1ccc(-c2ccc(-c3cc4c(CCC(=O)O)n[nH]c4cc3Cl)cc2)cc1. The number of carbonyl (C=O) groups is 2. The van der Waals surface area contributed by atoms with Gasteiger partial charge in [0.15, 0.2) is 0 Å². The summed E-state index contributed by atoms with van der Waals surface area (Å²) in [6.07, 6.45) is 0.378. The Morgan fingerprint density at radius 2 is 1.62 bits per heavy atom. The number of aromatic amines is 1. The third kappa shape index (κ3) is 4.81. The van der Waals surface area contributed by atoms with Gasteiger partial charge in [0, 0.05) is 30.8 Å². The molecule has 3 aromatic carbocycles. The summed E-state index contributed by atoms with van der Waals surface area (Å²) in [6.45, 7) is 2.02. The maximum Gasteiger partial charge on any atom is 0.303 e. The van der Waals surface area contributed by atoms with E-state index >= 15 is 0 Å². The van der Waals surface area contributed by atoms with Crippen LogP contribution in [-0.2, 0) is 22.6 Å². The largest absolute Gasteiger partial charge is 0.481 e. The molecule has 0 saturated heterocycles. The highest BCUT2D eigenvalue weighted by atomic mass is 35.5. The average molecular weight is 448 g/mol. The van der Waals surface area contributed by atoms with Crippen LogP contribution in [0.2, 0.25) is 5.02 Å². The monoisotopic (exact) mass is 447 g/mol. The molecule has 162 valence electrons. The highest BCUT2D eigenvalue weighted by Crippen LogP contribution is 2.34. The number of carboxylic acid groups (broad SMARTS) is 1. The van der Waals surface area contributed by atoms with Gasteiger partial charge in [-0.15, -0.1) is 0 Å². The number of rotatable bonds is 7. The predicted molar refractivity (Wildman–Crippen MR) is 125 cm³/mol. The number of amides is 1. The van der Waals surface area contributed by atoms with Crippen molar-refractivity contribution in [3.8, 4) is 22.3 Å². The molecule has 0 aliphatic rings. The van der Waals surface area contributed by atoms with Crippen molar-refractivity contribution < 1.29 is 14.7 Å². The minimum atomic E-state index is -0.853. The van der Waals surface area contributed by atoms with Gasteiger partial charge in [0.2, 0.25) is 5.91 Å². The van der Waals surface area contributed by atoms with Crippen molar-refractivity contribution >= 4 is 34.4 Å². The fourth-order valence-electron chi connectivity index (χ4n) is 3.61. The molecule has 1 amide bonds. The molecule has 3 N–H and O–H groups in total. The van der Waals surface area contributed by atoms with Crippen LogP contribution in [0.25, 0.3) is 33.2 Å². The Bertz CT molecular complexity index is 1280. The molecule has 4 aromatic rings. The number of benzene rings is 3. The van der Waals surface area contributed by atoms with Crippen molar-refractivity contribution in [1.82, 2.24) is 15.5 Å². The first kappa shape index (κ1) is 21.6. The van der Waals surface area contributed by atoms with E-state index in [9.17, 15) is 9.59 Å². The third-order valence-electron chi connectivity index (χ3n) is 5.33. The van der Waals surface area contributed by atoms with Crippen LogP contribution in [0.3, 0.4) is 0 Å². The van der Waals surface area contributed by atoms with E-state index in [-0.39, 0.29) is 12.3 Å². The van der Waals surface area contributed by atoms with Gasteiger partial charge in [-0.1, -0.05) is 60.1 Å². The molecule has 0 atom stereocenters. The zero-order valence-electron chi connectivity index (χ0n) is 17.5. The Balaban J connectivity index is 1.58. The summed E-state index contributed by atoms with van der Waals surface area (Å²) in [5.74, 6) is -0.903. The lowest BCUT2D eigenvalue weighted by molar-refractivity contribution is -0.137. The van der Waals surface area contributed by atoms with Crippen LogP contribution in [0.5, 0.6) is 0 Å². The van der Waals surface area contributed by atoms with Crippen LogP contribution in [0.15, 0.2) is 60.7 Å². The molecule has 4 rings (SSSR count). The summed E-state index contributed by atoms with van der Waals surface area (Å²) in [5, 5.41) is 20.4. The van der Waals surface area contributed by atoms with E-state index in [4.69, 9.17) is 16.7 Å². The van der Waals surface area contributed by atoms with Crippen LogP contribution in [0, 0.1) is 0 Å². The van der Waals surface area contributed by atoms with Gasteiger partial charge >= 0.3 is 5.97 Å². The fraction of sp³-hybridized carbons (Fsp3) is 0.160. The Morgan fingerprint density at radius 1 is 1.00 bits per heavy atom. The van der Waals surface area contributed by atoms with Gasteiger partial charge in [-0.05, 0) is 34.4 Å². The number of nitrogens with zero attached hydrogens (tertiary/aromatic N) is 1. The number of nitrogens with one attached hydrogen (secondary N) is 2. The highest BCUT2D eigenvalue weighted by molar-refractivity contribution is 6.34. The summed E-state index contributed by atoms with van der Waals surface area (Å²) in [5.41, 5.74) is 6.53. The van der Waals surface area contributed by atoms with Gasteiger partial charge in [0.05, 0.1) is 22.7 Å². The second kappa shape index (κ2) is 9.24. The van der Waals surface area contributed by atoms with E-state index in [1.165, 1.54) is 6.92 Å². The van der Waals surface area contributed by atoms with Crippen molar-refractivity contribution in [3.05, 3.63) is 76.9 Å². The first-order valence-electron chi connectivity index (χ1n) is 10.2. The standard InChI is InChI=1S/C25H22ClN3O3/c1-15(30)27-14-16-2-4-17(5-3-16)18-6-8-19(9-7-18)20-12-21-23(10-11-25(31)32)28-29-24(21)13-22(20)26/h2-9,12-13H,10-11,14H2,1H3,(H,27,30)(H,28,29)(H,31,32). The molecule has 0 saturated carbocycles. The summed E-state index contributed by atoms with van der Waals surface area (Å²) in [7, 11) is 0. The third-order valence-corrected chi connectivity index (χ3v) is 5.64. The topological polar surface area (TPSA) is 95.1 Å². The molecule has 0 spiro atoms. The molecule has 0 unspecified atom stereocenters. The molecule has 0 aliphatic heterocycles. The molecule has 1 aromatic heterocycles. The minimum Gasteiger partial charge on any atom is -0.481 e. The van der Waals surface area contributed by atoms with Crippen molar-refractivity contribution in [1.29, 1.82) is 0 Å². The molecule has 1 heterocycles. The molecule has 0 radical (unpaired) electrons. The maximum atomic E-state index is 11.1. The molecule has 6 nitrogen and oxygen atoms in total. The lowest BCUT2D eigenvalue weighted by Crippen LogP contribution is -2.18. The molecule has 0 bridgehead atoms. The molecule has 0 fully saturated rings. The van der Waals surface area contributed by atoms with Gasteiger partial charge in [-0.25, -0.2) is 0 Å². The number of H-pyrrole nitrogens is 1. The average Bonchev–Trinajstić information content (AvgIpc) is 3.17. The smallest absolute Gasteiger partial charge is 0.303 e. The van der Waals surface area contributed by atoms with E-state index < -0.39 is 5.97 Å². The van der Waals surface area contributed by atoms with Crippen molar-refractivity contribution in [2.45, 2.75) is 26.3 Å². The lowest BCUT2D eigenvalue weighted by Gasteiger charge is -2.09. The van der Waals surface area contributed by atoms with Gasteiger partial charge in [-0.3, -0.25) is 14.7 Å². The molecular formula is C25H22ClN3O3. The predicted octanol–water partition coefficient (Wildman–Crippen LogP) is 5.20. The number of aryl methyl sites for hydroxylation is 1. The second-order valence-electron chi connectivity index (χ2n) is 7.63. The first-order chi connectivity index (χ1) is 15.4. The zero-order valence-corrected chi connectivity index (χ0v) is 18.2. The summed E-state index contributed by atoms with van der Waals surface area (Å²) in [4.78, 5) is 22.0. The number of hydrogen-bond donors (Lipinski definition) is 3. The fourth-order valence-corrected chi connectivity index (χ4v) is 3.89. The number of carbonyl (C=O) groups excluding carboxylic acids is 1. The van der Waals surface area contributed by atoms with Crippen molar-refractivity contribution in [2.75, 3.05) is 0 Å². The second-order valence-corrected chi connectivity index (χ2v) is 8.03. The van der Waals surface area contributed by atoms with E-state index in [1.807, 2.05) is 60.7 Å². The number of aromatic nitrogens is 2. The zero-order chi connectivity index (χ0) is 22.7. The van der Waals surface area contributed by atoms with E-state index in [0.29, 0.717) is 18.0 Å². The molecule has 7 heteroatoms. The van der Waals surface area contributed by atoms with E-state index in [2.05, 4.69) is 15.5 Å². The van der Waals surface area contributed by atoms with Crippen LogP contribution >= 0.6 is 11.6 Å². The normalized spacial score (nSPS) is 10.9. The Labute approximate surface area is 190 Å². The minimum absolute atomic E-state index is 0.0240. The summed E-state index contributed by atoms with van der Waals surface area (Å²) < 4.78 is 0. The number of fused-ring (bicyclic) bond motifs is 1. The molecule has 32 heavy (non-hydrogen) atoms. The Morgan fingerprint density at radius 3 is 2.25 bits per heavy atom. The number of halogens is 1. The number of aliphatic carboxylic acids is 1. The van der Waals surface area contributed by atoms with E-state index in [0.717, 1.165) is 44.4 Å². The van der Waals surface area contributed by atoms with Crippen molar-refractivity contribution in [2.24, 2.45) is 0 Å². The quantitative estimate of drug-likeness (QED) is 0.362. The Kier molecular flexibility index (Phi) is 6.23. The van der Waals surface area contributed by atoms with Crippen LogP contribution in [0.1, 0.15) is 24.6 Å². The van der Waals surface area contributed by atoms with Crippen molar-refractivity contribution in [3.63, 3.8) is 0 Å². The summed E-state index contributed by atoms with van der Waals surface area (Å²) in [6, 6.07) is 20.0. The van der Waals surface area contributed by atoms with Crippen LogP contribution in [-0.4, -0.2) is 27.2 Å². The Hall–Kier alpha value is -3.64. The van der Waals surface area contributed by atoms with Gasteiger partial charge in [-0.2, -0.15) is 5.10 Å². The van der Waals surface area contributed by atoms with E-state index in [1.54, 1.807) is 0 Å². The molecular weight excluding hydrogens is 426 g/mol. The maximum absolute atomic E-state index is 11.1. The lowest BCUT2D eigenvalue weighted by atomic mass is 9.98. The number of carboxylic acids is 1. The van der Waals surface area contributed by atoms with Crippen LogP contribution in [0.4, 0.5) is 0 Å². The number of hydrogen-bond acceptors (Lipinski definition) is 3. The van der Waals surface area contributed by atoms with Gasteiger partial charge < -0.3 is 10.4 Å². The first-order valence-corrected chi connectivity index (χ1v) is 10.6. The summed E-state index contributed by atoms with van der Waals surface area (Å²) >= 11 is 6.53. The van der Waals surface area contributed by atoms with Gasteiger partial charge in [0.1, 0.15) is 0 Å². The van der Waals surface area contributed by atoms with Crippen LogP contribution < -0.4 is 5.32 Å². The molecule has 0 aliphatic carbocycles. The highest BCUT2D eigenvalue weighted by Gasteiger charge is 2.13.